The molecule has 0 spiro atoms. The van der Waals surface area contributed by atoms with Gasteiger partial charge in [0.1, 0.15) is 12.6 Å². The molecule has 2 unspecified atom stereocenters. The second-order valence-corrected chi connectivity index (χ2v) is 9.97. The van der Waals surface area contributed by atoms with Crippen molar-refractivity contribution in [2.24, 2.45) is 5.92 Å². The summed E-state index contributed by atoms with van der Waals surface area (Å²) in [6.07, 6.45) is 4.25. The van der Waals surface area contributed by atoms with Crippen molar-refractivity contribution in [2.75, 3.05) is 25.1 Å². The van der Waals surface area contributed by atoms with Crippen LogP contribution in [-0.2, 0) is 30.5 Å². The standard InChI is InChI=1S/C32H35N3O6/c36-18-17-35(21-23-9-3-1-4-10-23)29(37)20-26-13-5-2-6-14-30(38)41-22-28(34-31(26)39)32(40)33-27-16-15-24-11-7-8-12-25(24)19-27/h1-5,7-12,15-16,19,26,28,36H,6,13-14,17-18,20-22H2,(H,33,40)(H,34,39). The number of amides is 3. The van der Waals surface area contributed by atoms with E-state index in [0.717, 1.165) is 16.3 Å². The SMILES string of the molecule is O=C1CCC=CCC(CC(=O)N(CCO)Cc2ccccc2)C(=O)NC(C(=O)Nc2ccc3ccccc3c2)CO1. The second-order valence-electron chi connectivity index (χ2n) is 9.97. The third-order valence-electron chi connectivity index (χ3n) is 6.89. The van der Waals surface area contributed by atoms with E-state index in [9.17, 15) is 24.3 Å². The van der Waals surface area contributed by atoms with Gasteiger partial charge in [0.15, 0.2) is 0 Å². The maximum Gasteiger partial charge on any atom is 0.306 e. The molecule has 3 amide bonds. The highest BCUT2D eigenvalue weighted by molar-refractivity contribution is 5.99. The highest BCUT2D eigenvalue weighted by Crippen LogP contribution is 2.20. The minimum Gasteiger partial charge on any atom is -0.463 e. The van der Waals surface area contributed by atoms with E-state index in [1.54, 1.807) is 18.2 Å². The number of hydrogen-bond donors (Lipinski definition) is 3. The van der Waals surface area contributed by atoms with Crippen LogP contribution in [0.2, 0.25) is 0 Å². The first kappa shape index (κ1) is 29.5. The summed E-state index contributed by atoms with van der Waals surface area (Å²) in [5.41, 5.74) is 1.44. The monoisotopic (exact) mass is 557 g/mol. The summed E-state index contributed by atoms with van der Waals surface area (Å²) in [5, 5.41) is 17.0. The number of esters is 1. The molecule has 0 aromatic heterocycles. The Labute approximate surface area is 239 Å². The van der Waals surface area contributed by atoms with Crippen LogP contribution in [0.5, 0.6) is 0 Å². The number of aliphatic hydroxyl groups is 1. The molecule has 4 rings (SSSR count). The van der Waals surface area contributed by atoms with Crippen molar-refractivity contribution in [3.05, 3.63) is 90.5 Å². The molecule has 214 valence electrons. The van der Waals surface area contributed by atoms with Crippen LogP contribution in [0.25, 0.3) is 10.8 Å². The molecular weight excluding hydrogens is 522 g/mol. The highest BCUT2D eigenvalue weighted by atomic mass is 16.5. The Hall–Kier alpha value is -4.50. The van der Waals surface area contributed by atoms with Crippen LogP contribution in [0.1, 0.15) is 31.2 Å². The maximum absolute atomic E-state index is 13.4. The molecule has 9 nitrogen and oxygen atoms in total. The average molecular weight is 558 g/mol. The fourth-order valence-electron chi connectivity index (χ4n) is 4.64. The molecule has 41 heavy (non-hydrogen) atoms. The van der Waals surface area contributed by atoms with E-state index < -0.39 is 29.7 Å². The summed E-state index contributed by atoms with van der Waals surface area (Å²) >= 11 is 0. The fourth-order valence-corrected chi connectivity index (χ4v) is 4.64. The number of benzene rings is 3. The smallest absolute Gasteiger partial charge is 0.306 e. The normalized spacial score (nSPS) is 18.0. The zero-order valence-corrected chi connectivity index (χ0v) is 22.8. The van der Waals surface area contributed by atoms with Gasteiger partial charge in [-0.05, 0) is 41.3 Å². The van der Waals surface area contributed by atoms with Gasteiger partial charge in [-0.2, -0.15) is 0 Å². The fraction of sp³-hybridized carbons (Fsp3) is 0.312. The van der Waals surface area contributed by atoms with Gasteiger partial charge in [0.25, 0.3) is 5.91 Å². The summed E-state index contributed by atoms with van der Waals surface area (Å²) in [6, 6.07) is 21.4. The van der Waals surface area contributed by atoms with Gasteiger partial charge in [-0.3, -0.25) is 19.2 Å². The molecule has 0 saturated heterocycles. The number of nitrogens with one attached hydrogen (secondary N) is 2. The van der Waals surface area contributed by atoms with Crippen molar-refractivity contribution >= 4 is 40.2 Å². The largest absolute Gasteiger partial charge is 0.463 e. The topological polar surface area (TPSA) is 125 Å². The molecule has 0 bridgehead atoms. The molecule has 0 aliphatic carbocycles. The van der Waals surface area contributed by atoms with E-state index in [-0.39, 0.29) is 44.9 Å². The van der Waals surface area contributed by atoms with E-state index in [4.69, 9.17) is 4.74 Å². The number of anilines is 1. The molecule has 0 fully saturated rings. The minimum absolute atomic E-state index is 0.109. The Bertz CT molecular complexity index is 1390. The molecule has 0 saturated carbocycles. The zero-order valence-electron chi connectivity index (χ0n) is 22.8. The summed E-state index contributed by atoms with van der Waals surface area (Å²) in [6.45, 7) is -0.113. The van der Waals surface area contributed by atoms with Gasteiger partial charge in [-0.15, -0.1) is 0 Å². The summed E-state index contributed by atoms with van der Waals surface area (Å²) in [7, 11) is 0. The van der Waals surface area contributed by atoms with Crippen molar-refractivity contribution in [1.29, 1.82) is 0 Å². The van der Waals surface area contributed by atoms with Gasteiger partial charge >= 0.3 is 5.97 Å². The molecule has 3 aromatic rings. The second kappa shape index (κ2) is 14.8. The number of allylic oxidation sites excluding steroid dienone is 2. The van der Waals surface area contributed by atoms with Gasteiger partial charge in [0.05, 0.1) is 12.5 Å². The molecule has 3 aromatic carbocycles. The third-order valence-corrected chi connectivity index (χ3v) is 6.89. The van der Waals surface area contributed by atoms with Crippen LogP contribution < -0.4 is 10.6 Å². The van der Waals surface area contributed by atoms with Crippen LogP contribution in [0.4, 0.5) is 5.69 Å². The Balaban J connectivity index is 1.49. The van der Waals surface area contributed by atoms with E-state index >= 15 is 0 Å². The van der Waals surface area contributed by atoms with Gasteiger partial charge < -0.3 is 25.4 Å². The molecule has 1 heterocycles. The lowest BCUT2D eigenvalue weighted by Crippen LogP contribution is -2.49. The van der Waals surface area contributed by atoms with E-state index in [1.165, 1.54) is 4.90 Å². The molecule has 0 radical (unpaired) electrons. The van der Waals surface area contributed by atoms with Crippen LogP contribution in [0.3, 0.4) is 0 Å². The first-order valence-electron chi connectivity index (χ1n) is 13.8. The van der Waals surface area contributed by atoms with Crippen LogP contribution in [0.15, 0.2) is 84.9 Å². The Morgan fingerprint density at radius 3 is 2.51 bits per heavy atom. The Morgan fingerprint density at radius 1 is 0.976 bits per heavy atom. The van der Waals surface area contributed by atoms with Gasteiger partial charge in [0, 0.05) is 31.6 Å². The predicted octanol–water partition coefficient (Wildman–Crippen LogP) is 3.57. The number of nitrogens with zero attached hydrogens (tertiary/aromatic N) is 1. The summed E-state index contributed by atoms with van der Waals surface area (Å²) < 4.78 is 5.31. The molecular formula is C32H35N3O6. The molecule has 1 aliphatic heterocycles. The number of aliphatic hydroxyl groups excluding tert-OH is 1. The number of fused-ring (bicyclic) bond motifs is 1. The number of hydrogen-bond acceptors (Lipinski definition) is 6. The summed E-state index contributed by atoms with van der Waals surface area (Å²) in [5.74, 6) is -2.55. The van der Waals surface area contributed by atoms with E-state index in [0.29, 0.717) is 18.7 Å². The molecule has 3 N–H and O–H groups in total. The highest BCUT2D eigenvalue weighted by Gasteiger charge is 2.29. The van der Waals surface area contributed by atoms with Crippen molar-refractivity contribution in [1.82, 2.24) is 10.2 Å². The number of rotatable bonds is 8. The number of carbonyl (C=O) groups excluding carboxylic acids is 4. The lowest BCUT2D eigenvalue weighted by molar-refractivity contribution is -0.146. The van der Waals surface area contributed by atoms with Crippen LogP contribution in [-0.4, -0.2) is 59.5 Å². The van der Waals surface area contributed by atoms with Crippen molar-refractivity contribution in [3.8, 4) is 0 Å². The lowest BCUT2D eigenvalue weighted by Gasteiger charge is -2.26. The van der Waals surface area contributed by atoms with Gasteiger partial charge in [-0.25, -0.2) is 0 Å². The zero-order chi connectivity index (χ0) is 29.0. The molecule has 9 heteroatoms. The first-order valence-corrected chi connectivity index (χ1v) is 13.8. The number of ether oxygens (including phenoxy) is 1. The summed E-state index contributed by atoms with van der Waals surface area (Å²) in [4.78, 5) is 53.7. The van der Waals surface area contributed by atoms with Gasteiger partial charge in [0.2, 0.25) is 11.8 Å². The van der Waals surface area contributed by atoms with Crippen LogP contribution >= 0.6 is 0 Å². The predicted molar refractivity (Wildman–Crippen MR) is 156 cm³/mol. The van der Waals surface area contributed by atoms with Gasteiger partial charge in [-0.1, -0.05) is 72.8 Å². The molecule has 2 atom stereocenters. The number of cyclic esters (lactones) is 1. The number of carbonyl (C=O) groups is 4. The van der Waals surface area contributed by atoms with Crippen molar-refractivity contribution < 1.29 is 29.0 Å². The quantitative estimate of drug-likeness (QED) is 0.287. The lowest BCUT2D eigenvalue weighted by atomic mass is 9.97. The van der Waals surface area contributed by atoms with Crippen molar-refractivity contribution in [2.45, 2.75) is 38.3 Å². The Kier molecular flexibility index (Phi) is 10.6. The Morgan fingerprint density at radius 2 is 1.73 bits per heavy atom. The van der Waals surface area contributed by atoms with E-state index in [2.05, 4.69) is 10.6 Å². The maximum atomic E-state index is 13.4. The molecule has 1 aliphatic rings. The van der Waals surface area contributed by atoms with Crippen molar-refractivity contribution in [3.63, 3.8) is 0 Å². The third kappa shape index (κ3) is 8.74. The van der Waals surface area contributed by atoms with Crippen LogP contribution in [0, 0.1) is 5.92 Å². The average Bonchev–Trinajstić information content (AvgIpc) is 2.97. The van der Waals surface area contributed by atoms with E-state index in [1.807, 2.05) is 66.7 Å². The minimum atomic E-state index is -1.16. The first-order chi connectivity index (χ1) is 19.9.